The summed E-state index contributed by atoms with van der Waals surface area (Å²) in [5, 5.41) is 3.27. The summed E-state index contributed by atoms with van der Waals surface area (Å²) in [7, 11) is 0. The molecule has 0 amide bonds. The van der Waals surface area contributed by atoms with Gasteiger partial charge in [0, 0.05) is 18.8 Å². The molecule has 0 bridgehead atoms. The zero-order valence-electron chi connectivity index (χ0n) is 11.7. The predicted molar refractivity (Wildman–Crippen MR) is 77.6 cm³/mol. The molecule has 0 spiro atoms. The number of aromatic nitrogens is 1. The van der Waals surface area contributed by atoms with E-state index in [0.717, 1.165) is 30.0 Å². The third-order valence-electron chi connectivity index (χ3n) is 3.15. The number of ether oxygens (including phenoxy) is 1. The van der Waals surface area contributed by atoms with E-state index in [1.807, 2.05) is 30.5 Å². The van der Waals surface area contributed by atoms with E-state index in [4.69, 9.17) is 4.74 Å². The molecule has 2 aromatic rings. The highest BCUT2D eigenvalue weighted by Gasteiger charge is 2.04. The summed E-state index contributed by atoms with van der Waals surface area (Å²) >= 11 is 0. The molecule has 0 aliphatic rings. The van der Waals surface area contributed by atoms with Crippen LogP contribution in [0.15, 0.2) is 36.5 Å². The number of pyridine rings is 1. The van der Waals surface area contributed by atoms with Crippen LogP contribution in [0, 0.1) is 13.8 Å². The van der Waals surface area contributed by atoms with Crippen molar-refractivity contribution < 1.29 is 4.74 Å². The van der Waals surface area contributed by atoms with Gasteiger partial charge in [-0.3, -0.25) is 0 Å². The van der Waals surface area contributed by atoms with E-state index in [-0.39, 0.29) is 0 Å². The number of benzene rings is 1. The van der Waals surface area contributed by atoms with Crippen LogP contribution in [0.25, 0.3) is 0 Å². The highest BCUT2D eigenvalue weighted by atomic mass is 16.5. The summed E-state index contributed by atoms with van der Waals surface area (Å²) in [5.41, 5.74) is 3.54. The first-order valence-electron chi connectivity index (χ1n) is 6.60. The standard InChI is InChI=1S/C16H20N2O/c1-4-17-10-14-8-9-16(18-11-14)19-15-7-5-6-12(2)13(15)3/h5-9,11,17H,4,10H2,1-3H3. The molecular formula is C16H20N2O. The van der Waals surface area contributed by atoms with Gasteiger partial charge < -0.3 is 10.1 Å². The Balaban J connectivity index is 2.09. The molecule has 100 valence electrons. The molecule has 3 nitrogen and oxygen atoms in total. The smallest absolute Gasteiger partial charge is 0.219 e. The summed E-state index contributed by atoms with van der Waals surface area (Å²) in [6, 6.07) is 9.99. The molecule has 0 aliphatic carbocycles. The van der Waals surface area contributed by atoms with E-state index in [1.165, 1.54) is 5.56 Å². The first-order valence-corrected chi connectivity index (χ1v) is 6.60. The predicted octanol–water partition coefficient (Wildman–Crippen LogP) is 3.60. The van der Waals surface area contributed by atoms with Crippen molar-refractivity contribution in [3.63, 3.8) is 0 Å². The van der Waals surface area contributed by atoms with Gasteiger partial charge in [0.05, 0.1) is 0 Å². The molecule has 0 saturated heterocycles. The minimum Gasteiger partial charge on any atom is -0.439 e. The van der Waals surface area contributed by atoms with Gasteiger partial charge in [0.15, 0.2) is 0 Å². The van der Waals surface area contributed by atoms with Crippen LogP contribution in [-0.2, 0) is 6.54 Å². The number of rotatable bonds is 5. The maximum Gasteiger partial charge on any atom is 0.219 e. The SMILES string of the molecule is CCNCc1ccc(Oc2cccc(C)c2C)nc1. The van der Waals surface area contributed by atoms with E-state index in [1.54, 1.807) is 0 Å². The van der Waals surface area contributed by atoms with Gasteiger partial charge in [0.25, 0.3) is 0 Å². The maximum atomic E-state index is 5.82. The van der Waals surface area contributed by atoms with Crippen molar-refractivity contribution in [3.8, 4) is 11.6 Å². The van der Waals surface area contributed by atoms with E-state index >= 15 is 0 Å². The van der Waals surface area contributed by atoms with Crippen LogP contribution in [0.5, 0.6) is 11.6 Å². The fourth-order valence-corrected chi connectivity index (χ4v) is 1.79. The van der Waals surface area contributed by atoms with Gasteiger partial charge in [0.2, 0.25) is 5.88 Å². The minimum absolute atomic E-state index is 0.633. The van der Waals surface area contributed by atoms with Crippen LogP contribution in [0.3, 0.4) is 0 Å². The molecule has 1 aromatic heterocycles. The first kappa shape index (κ1) is 13.6. The molecule has 0 atom stereocenters. The molecule has 1 heterocycles. The summed E-state index contributed by atoms with van der Waals surface area (Å²) in [5.74, 6) is 1.50. The van der Waals surface area contributed by atoms with Gasteiger partial charge in [-0.2, -0.15) is 0 Å². The minimum atomic E-state index is 0.633. The van der Waals surface area contributed by atoms with E-state index in [2.05, 4.69) is 37.1 Å². The Kier molecular flexibility index (Phi) is 4.53. The lowest BCUT2D eigenvalue weighted by Gasteiger charge is -2.10. The molecule has 19 heavy (non-hydrogen) atoms. The van der Waals surface area contributed by atoms with Gasteiger partial charge >= 0.3 is 0 Å². The van der Waals surface area contributed by atoms with Gasteiger partial charge in [0.1, 0.15) is 5.75 Å². The second-order valence-corrected chi connectivity index (χ2v) is 4.59. The lowest BCUT2D eigenvalue weighted by molar-refractivity contribution is 0.458. The first-order chi connectivity index (χ1) is 9.20. The number of nitrogens with one attached hydrogen (secondary N) is 1. The Labute approximate surface area is 114 Å². The van der Waals surface area contributed by atoms with E-state index in [9.17, 15) is 0 Å². The molecule has 0 unspecified atom stereocenters. The summed E-state index contributed by atoms with van der Waals surface area (Å²) < 4.78 is 5.82. The number of hydrogen-bond acceptors (Lipinski definition) is 3. The molecule has 0 fully saturated rings. The third kappa shape index (κ3) is 3.55. The monoisotopic (exact) mass is 256 g/mol. The van der Waals surface area contributed by atoms with Gasteiger partial charge in [-0.1, -0.05) is 25.1 Å². The summed E-state index contributed by atoms with van der Waals surface area (Å²) in [6.07, 6.45) is 1.85. The van der Waals surface area contributed by atoms with Crippen LogP contribution in [0.2, 0.25) is 0 Å². The van der Waals surface area contributed by atoms with Crippen LogP contribution >= 0.6 is 0 Å². The Morgan fingerprint density at radius 1 is 1.16 bits per heavy atom. The van der Waals surface area contributed by atoms with Crippen LogP contribution in [-0.4, -0.2) is 11.5 Å². The molecule has 1 N–H and O–H groups in total. The van der Waals surface area contributed by atoms with Crippen molar-refractivity contribution in [2.24, 2.45) is 0 Å². The van der Waals surface area contributed by atoms with Crippen molar-refractivity contribution in [1.82, 2.24) is 10.3 Å². The fourth-order valence-electron chi connectivity index (χ4n) is 1.79. The molecule has 3 heteroatoms. The van der Waals surface area contributed by atoms with E-state index < -0.39 is 0 Å². The average molecular weight is 256 g/mol. The van der Waals surface area contributed by atoms with Gasteiger partial charge in [-0.25, -0.2) is 4.98 Å². The largest absolute Gasteiger partial charge is 0.439 e. The summed E-state index contributed by atoms with van der Waals surface area (Å²) in [4.78, 5) is 4.34. The number of nitrogens with zero attached hydrogens (tertiary/aromatic N) is 1. The van der Waals surface area contributed by atoms with Gasteiger partial charge in [-0.15, -0.1) is 0 Å². The number of aryl methyl sites for hydroxylation is 1. The number of hydrogen-bond donors (Lipinski definition) is 1. The Morgan fingerprint density at radius 2 is 2.00 bits per heavy atom. The van der Waals surface area contributed by atoms with Crippen molar-refractivity contribution >= 4 is 0 Å². The third-order valence-corrected chi connectivity index (χ3v) is 3.15. The van der Waals surface area contributed by atoms with Crippen LogP contribution in [0.4, 0.5) is 0 Å². The Bertz CT molecular complexity index is 535. The average Bonchev–Trinajstić information content (AvgIpc) is 2.43. The molecule has 0 radical (unpaired) electrons. The van der Waals surface area contributed by atoms with Crippen molar-refractivity contribution in [1.29, 1.82) is 0 Å². The normalized spacial score (nSPS) is 10.5. The molecule has 0 saturated carbocycles. The second-order valence-electron chi connectivity index (χ2n) is 4.59. The van der Waals surface area contributed by atoms with Crippen molar-refractivity contribution in [2.75, 3.05) is 6.54 Å². The second kappa shape index (κ2) is 6.34. The quantitative estimate of drug-likeness (QED) is 0.887. The zero-order chi connectivity index (χ0) is 13.7. The zero-order valence-corrected chi connectivity index (χ0v) is 11.7. The lowest BCUT2D eigenvalue weighted by atomic mass is 10.1. The van der Waals surface area contributed by atoms with Crippen molar-refractivity contribution in [3.05, 3.63) is 53.2 Å². The lowest BCUT2D eigenvalue weighted by Crippen LogP contribution is -2.11. The molecule has 1 aromatic carbocycles. The topological polar surface area (TPSA) is 34.1 Å². The fraction of sp³-hybridized carbons (Fsp3) is 0.312. The molecule has 2 rings (SSSR count). The highest BCUT2D eigenvalue weighted by molar-refractivity contribution is 5.40. The van der Waals surface area contributed by atoms with Gasteiger partial charge in [-0.05, 0) is 43.1 Å². The van der Waals surface area contributed by atoms with Crippen LogP contribution in [0.1, 0.15) is 23.6 Å². The summed E-state index contributed by atoms with van der Waals surface area (Å²) in [6.45, 7) is 8.03. The van der Waals surface area contributed by atoms with Crippen LogP contribution < -0.4 is 10.1 Å². The highest BCUT2D eigenvalue weighted by Crippen LogP contribution is 2.25. The molecule has 0 aliphatic heterocycles. The Morgan fingerprint density at radius 3 is 2.68 bits per heavy atom. The Hall–Kier alpha value is -1.87. The maximum absolute atomic E-state index is 5.82. The van der Waals surface area contributed by atoms with Crippen molar-refractivity contribution in [2.45, 2.75) is 27.3 Å². The van der Waals surface area contributed by atoms with E-state index in [0.29, 0.717) is 5.88 Å². The molecular weight excluding hydrogens is 236 g/mol.